The third kappa shape index (κ3) is 4.70. The lowest BCUT2D eigenvalue weighted by molar-refractivity contribution is 0.142. The first-order valence-corrected chi connectivity index (χ1v) is 9.41. The zero-order valence-corrected chi connectivity index (χ0v) is 15.5. The van der Waals surface area contributed by atoms with Crippen molar-refractivity contribution in [1.82, 2.24) is 14.8 Å². The lowest BCUT2D eigenvalue weighted by Gasteiger charge is -2.34. The number of anilines is 1. The van der Waals surface area contributed by atoms with Gasteiger partial charge in [-0.05, 0) is 18.6 Å². The van der Waals surface area contributed by atoms with E-state index in [1.807, 2.05) is 29.2 Å². The van der Waals surface area contributed by atoms with Gasteiger partial charge in [0.05, 0.1) is 17.8 Å². The van der Waals surface area contributed by atoms with E-state index in [4.69, 9.17) is 4.74 Å². The molecule has 0 spiro atoms. The number of aryl methyl sites for hydroxylation is 1. The fraction of sp³-hybridized carbons (Fsp3) is 0.444. The van der Waals surface area contributed by atoms with Gasteiger partial charge >= 0.3 is 6.03 Å². The smallest absolute Gasteiger partial charge is 0.321 e. The van der Waals surface area contributed by atoms with E-state index >= 15 is 0 Å². The van der Waals surface area contributed by atoms with Crippen LogP contribution in [0.15, 0.2) is 29.6 Å². The molecule has 1 aliphatic heterocycles. The lowest BCUT2D eigenvalue weighted by atomic mass is 10.3. The molecule has 1 saturated heterocycles. The van der Waals surface area contributed by atoms with Crippen molar-refractivity contribution >= 4 is 23.1 Å². The molecule has 0 atom stereocenters. The number of thiazole rings is 1. The highest BCUT2D eigenvalue weighted by Crippen LogP contribution is 2.18. The Hall–Kier alpha value is -2.12. The standard InChI is InChI=1S/C18H24N4O2S/c1-3-17-19-15(13-25-17)12-21-7-9-22(10-8-21)18(23)20-14-5-4-6-16(11-14)24-2/h4-6,11,13H,3,7-10,12H2,1-2H3,(H,20,23). The Morgan fingerprint density at radius 2 is 2.12 bits per heavy atom. The van der Waals surface area contributed by atoms with Crippen LogP contribution in [0.2, 0.25) is 0 Å². The van der Waals surface area contributed by atoms with Gasteiger partial charge in [0.2, 0.25) is 0 Å². The number of nitrogens with zero attached hydrogens (tertiary/aromatic N) is 3. The van der Waals surface area contributed by atoms with Gasteiger partial charge in [-0.15, -0.1) is 11.3 Å². The molecule has 1 aliphatic rings. The number of carbonyl (C=O) groups is 1. The van der Waals surface area contributed by atoms with Gasteiger partial charge in [0.25, 0.3) is 0 Å². The number of methoxy groups -OCH3 is 1. The zero-order chi connectivity index (χ0) is 17.6. The van der Waals surface area contributed by atoms with E-state index in [0.29, 0.717) is 0 Å². The van der Waals surface area contributed by atoms with Crippen LogP contribution in [-0.2, 0) is 13.0 Å². The van der Waals surface area contributed by atoms with E-state index in [0.717, 1.165) is 56.3 Å². The Morgan fingerprint density at radius 1 is 1.32 bits per heavy atom. The zero-order valence-electron chi connectivity index (χ0n) is 14.7. The number of piperazine rings is 1. The molecular weight excluding hydrogens is 336 g/mol. The quantitative estimate of drug-likeness (QED) is 0.890. The molecule has 0 saturated carbocycles. The molecule has 2 heterocycles. The Labute approximate surface area is 152 Å². The molecule has 1 fully saturated rings. The number of amides is 2. The predicted octanol–water partition coefficient (Wildman–Crippen LogP) is 3.06. The summed E-state index contributed by atoms with van der Waals surface area (Å²) in [6.45, 7) is 6.17. The molecule has 0 bridgehead atoms. The van der Waals surface area contributed by atoms with Crippen LogP contribution in [-0.4, -0.2) is 54.1 Å². The normalized spacial score (nSPS) is 15.2. The van der Waals surface area contributed by atoms with Gasteiger partial charge < -0.3 is 15.0 Å². The van der Waals surface area contributed by atoms with E-state index in [1.54, 1.807) is 18.4 Å². The molecule has 7 heteroatoms. The molecule has 1 aromatic carbocycles. The van der Waals surface area contributed by atoms with E-state index in [9.17, 15) is 4.79 Å². The molecular formula is C18H24N4O2S. The molecule has 6 nitrogen and oxygen atoms in total. The number of rotatable bonds is 5. The van der Waals surface area contributed by atoms with Crippen LogP contribution in [0.5, 0.6) is 5.75 Å². The second-order valence-electron chi connectivity index (χ2n) is 6.01. The Morgan fingerprint density at radius 3 is 2.80 bits per heavy atom. The van der Waals surface area contributed by atoms with Gasteiger partial charge in [-0.2, -0.15) is 0 Å². The molecule has 2 aromatic rings. The van der Waals surface area contributed by atoms with Crippen molar-refractivity contribution in [2.24, 2.45) is 0 Å². The summed E-state index contributed by atoms with van der Waals surface area (Å²) in [4.78, 5) is 21.2. The van der Waals surface area contributed by atoms with E-state index < -0.39 is 0 Å². The maximum atomic E-state index is 12.4. The van der Waals surface area contributed by atoms with Crippen molar-refractivity contribution in [3.8, 4) is 5.75 Å². The van der Waals surface area contributed by atoms with E-state index in [2.05, 4.69) is 27.5 Å². The fourth-order valence-corrected chi connectivity index (χ4v) is 3.56. The molecule has 0 unspecified atom stereocenters. The Kier molecular flexibility index (Phi) is 5.88. The third-order valence-electron chi connectivity index (χ3n) is 4.27. The van der Waals surface area contributed by atoms with Gasteiger partial charge in [0.1, 0.15) is 5.75 Å². The highest BCUT2D eigenvalue weighted by molar-refractivity contribution is 7.09. The summed E-state index contributed by atoms with van der Waals surface area (Å²) in [5.41, 5.74) is 1.89. The summed E-state index contributed by atoms with van der Waals surface area (Å²) in [5.74, 6) is 0.734. The summed E-state index contributed by atoms with van der Waals surface area (Å²) in [6, 6.07) is 7.35. The van der Waals surface area contributed by atoms with Crippen molar-refractivity contribution in [2.75, 3.05) is 38.6 Å². The summed E-state index contributed by atoms with van der Waals surface area (Å²) < 4.78 is 5.19. The Balaban J connectivity index is 1.48. The van der Waals surface area contributed by atoms with Crippen molar-refractivity contribution in [2.45, 2.75) is 19.9 Å². The largest absolute Gasteiger partial charge is 0.497 e. The number of aromatic nitrogens is 1. The predicted molar refractivity (Wildman–Crippen MR) is 100 cm³/mol. The molecule has 25 heavy (non-hydrogen) atoms. The molecule has 0 radical (unpaired) electrons. The number of hydrogen-bond acceptors (Lipinski definition) is 5. The first kappa shape index (κ1) is 17.7. The SMILES string of the molecule is CCc1nc(CN2CCN(C(=O)Nc3cccc(OC)c3)CC2)cs1. The average molecular weight is 360 g/mol. The van der Waals surface area contributed by atoms with Gasteiger partial charge in [-0.3, -0.25) is 4.90 Å². The summed E-state index contributed by atoms with van der Waals surface area (Å²) in [5, 5.41) is 6.27. The molecule has 1 aromatic heterocycles. The third-order valence-corrected chi connectivity index (χ3v) is 5.31. The summed E-state index contributed by atoms with van der Waals surface area (Å²) in [6.07, 6.45) is 0.989. The summed E-state index contributed by atoms with van der Waals surface area (Å²) >= 11 is 1.73. The highest BCUT2D eigenvalue weighted by Gasteiger charge is 2.21. The number of urea groups is 1. The fourth-order valence-electron chi connectivity index (χ4n) is 2.83. The maximum Gasteiger partial charge on any atom is 0.321 e. The van der Waals surface area contributed by atoms with Crippen molar-refractivity contribution < 1.29 is 9.53 Å². The van der Waals surface area contributed by atoms with E-state index in [-0.39, 0.29) is 6.03 Å². The van der Waals surface area contributed by atoms with Crippen LogP contribution in [0.1, 0.15) is 17.6 Å². The molecule has 3 rings (SSSR count). The van der Waals surface area contributed by atoms with Crippen LogP contribution >= 0.6 is 11.3 Å². The second kappa shape index (κ2) is 8.31. The first-order chi connectivity index (χ1) is 12.2. The maximum absolute atomic E-state index is 12.4. The van der Waals surface area contributed by atoms with Crippen LogP contribution in [0, 0.1) is 0 Å². The lowest BCUT2D eigenvalue weighted by Crippen LogP contribution is -2.49. The first-order valence-electron chi connectivity index (χ1n) is 8.53. The van der Waals surface area contributed by atoms with Crippen molar-refractivity contribution in [1.29, 1.82) is 0 Å². The van der Waals surface area contributed by atoms with E-state index in [1.165, 1.54) is 5.01 Å². The number of benzene rings is 1. The second-order valence-corrected chi connectivity index (χ2v) is 6.95. The monoisotopic (exact) mass is 360 g/mol. The number of carbonyl (C=O) groups excluding carboxylic acids is 1. The van der Waals surface area contributed by atoms with Crippen LogP contribution in [0.3, 0.4) is 0 Å². The minimum absolute atomic E-state index is 0.0603. The van der Waals surface area contributed by atoms with Gasteiger partial charge in [0.15, 0.2) is 0 Å². The number of ether oxygens (including phenoxy) is 1. The van der Waals surface area contributed by atoms with Crippen molar-refractivity contribution in [3.05, 3.63) is 40.3 Å². The van der Waals surface area contributed by atoms with Gasteiger partial charge in [-0.1, -0.05) is 13.0 Å². The highest BCUT2D eigenvalue weighted by atomic mass is 32.1. The minimum atomic E-state index is -0.0603. The molecule has 2 amide bonds. The van der Waals surface area contributed by atoms with Crippen LogP contribution < -0.4 is 10.1 Å². The van der Waals surface area contributed by atoms with Crippen molar-refractivity contribution in [3.63, 3.8) is 0 Å². The molecule has 1 N–H and O–H groups in total. The molecule has 0 aliphatic carbocycles. The molecule has 134 valence electrons. The Bertz CT molecular complexity index is 711. The summed E-state index contributed by atoms with van der Waals surface area (Å²) in [7, 11) is 1.62. The van der Waals surface area contributed by atoms with Gasteiger partial charge in [0, 0.05) is 49.9 Å². The average Bonchev–Trinajstić information content (AvgIpc) is 3.10. The minimum Gasteiger partial charge on any atom is -0.497 e. The van der Waals surface area contributed by atoms with Crippen LogP contribution in [0.4, 0.5) is 10.5 Å². The number of nitrogens with one attached hydrogen (secondary N) is 1. The number of hydrogen-bond donors (Lipinski definition) is 1. The topological polar surface area (TPSA) is 57.7 Å². The van der Waals surface area contributed by atoms with Gasteiger partial charge in [-0.25, -0.2) is 9.78 Å². The van der Waals surface area contributed by atoms with Crippen LogP contribution in [0.25, 0.3) is 0 Å².